The zero-order valence-corrected chi connectivity index (χ0v) is 15.5. The minimum atomic E-state index is -0.0375. The van der Waals surface area contributed by atoms with Crippen LogP contribution in [0.25, 0.3) is 6.08 Å². The topological polar surface area (TPSA) is 32.3 Å². The molecule has 1 atom stereocenters. The summed E-state index contributed by atoms with van der Waals surface area (Å²) >= 11 is 8.16. The van der Waals surface area contributed by atoms with E-state index in [4.69, 9.17) is 11.6 Å². The first-order valence-corrected chi connectivity index (χ1v) is 10.3. The minimum absolute atomic E-state index is 0.0375. The highest BCUT2D eigenvalue weighted by Crippen LogP contribution is 2.26. The van der Waals surface area contributed by atoms with Gasteiger partial charge >= 0.3 is 0 Å². The third-order valence-corrected chi connectivity index (χ3v) is 6.44. The van der Waals surface area contributed by atoms with E-state index < -0.39 is 0 Å². The van der Waals surface area contributed by atoms with Crippen molar-refractivity contribution in [1.29, 1.82) is 0 Å². The highest BCUT2D eigenvalue weighted by atomic mass is 35.5. The van der Waals surface area contributed by atoms with Crippen molar-refractivity contribution in [3.05, 3.63) is 40.9 Å². The monoisotopic (exact) mass is 364 g/mol. The summed E-state index contributed by atoms with van der Waals surface area (Å²) in [7, 11) is 0. The molecular formula is C19H25ClN2OS. The number of carbonyl (C=O) groups is 1. The number of nitrogens with one attached hydrogen (secondary N) is 1. The van der Waals surface area contributed by atoms with E-state index in [0.29, 0.717) is 10.9 Å². The molecule has 3 rings (SSSR count). The van der Waals surface area contributed by atoms with E-state index in [0.717, 1.165) is 18.2 Å². The van der Waals surface area contributed by atoms with Crippen LogP contribution in [0.5, 0.6) is 0 Å². The Hall–Kier alpha value is -0.970. The van der Waals surface area contributed by atoms with Crippen molar-refractivity contribution in [3.8, 4) is 0 Å². The third kappa shape index (κ3) is 5.01. The fourth-order valence-electron chi connectivity index (χ4n) is 3.41. The van der Waals surface area contributed by atoms with E-state index in [9.17, 15) is 4.79 Å². The number of benzene rings is 1. The molecule has 0 saturated carbocycles. The lowest BCUT2D eigenvalue weighted by molar-refractivity contribution is -0.116. The van der Waals surface area contributed by atoms with Gasteiger partial charge in [0.1, 0.15) is 0 Å². The molecule has 0 bridgehead atoms. The average Bonchev–Trinajstić information content (AvgIpc) is 3.14. The van der Waals surface area contributed by atoms with Crippen LogP contribution in [-0.2, 0) is 4.79 Å². The van der Waals surface area contributed by atoms with Crippen LogP contribution in [0.1, 0.15) is 24.8 Å². The lowest BCUT2D eigenvalue weighted by Crippen LogP contribution is -2.43. The van der Waals surface area contributed by atoms with Gasteiger partial charge in [0.15, 0.2) is 0 Å². The summed E-state index contributed by atoms with van der Waals surface area (Å²) in [6.07, 6.45) is 7.08. The van der Waals surface area contributed by atoms with Crippen LogP contribution in [0.4, 0.5) is 0 Å². The smallest absolute Gasteiger partial charge is 0.244 e. The zero-order valence-electron chi connectivity index (χ0n) is 13.9. The summed E-state index contributed by atoms with van der Waals surface area (Å²) in [5.74, 6) is 3.18. The van der Waals surface area contributed by atoms with E-state index >= 15 is 0 Å². The highest BCUT2D eigenvalue weighted by molar-refractivity contribution is 7.99. The number of halogens is 1. The van der Waals surface area contributed by atoms with E-state index in [-0.39, 0.29) is 5.91 Å². The lowest BCUT2D eigenvalue weighted by Gasteiger charge is -2.35. The Morgan fingerprint density at radius 1 is 1.29 bits per heavy atom. The van der Waals surface area contributed by atoms with Gasteiger partial charge in [-0.25, -0.2) is 0 Å². The van der Waals surface area contributed by atoms with Gasteiger partial charge in [-0.1, -0.05) is 29.8 Å². The molecule has 2 aliphatic heterocycles. The number of rotatable bonds is 5. The van der Waals surface area contributed by atoms with E-state index in [1.165, 1.54) is 43.9 Å². The Labute approximate surface area is 153 Å². The molecular weight excluding hydrogens is 340 g/mol. The number of nitrogens with zero attached hydrogens (tertiary/aromatic N) is 1. The first kappa shape index (κ1) is 17.8. The van der Waals surface area contributed by atoms with Crippen molar-refractivity contribution in [2.45, 2.75) is 25.3 Å². The molecule has 0 aliphatic carbocycles. The number of hydrogen-bond acceptors (Lipinski definition) is 3. The maximum Gasteiger partial charge on any atom is 0.244 e. The Kier molecular flexibility index (Phi) is 6.64. The van der Waals surface area contributed by atoms with Gasteiger partial charge < -0.3 is 5.32 Å². The van der Waals surface area contributed by atoms with Crippen LogP contribution >= 0.6 is 23.4 Å². The second-order valence-electron chi connectivity index (χ2n) is 6.60. The van der Waals surface area contributed by atoms with Crippen molar-refractivity contribution >= 4 is 35.3 Å². The van der Waals surface area contributed by atoms with Crippen LogP contribution in [-0.4, -0.2) is 48.0 Å². The van der Waals surface area contributed by atoms with Gasteiger partial charge in [0.05, 0.1) is 0 Å². The molecule has 1 unspecified atom stereocenters. The molecule has 1 aromatic rings. The number of piperidine rings is 1. The van der Waals surface area contributed by atoms with Gasteiger partial charge in [0.25, 0.3) is 0 Å². The predicted octanol–water partition coefficient (Wildman–Crippen LogP) is 3.69. The van der Waals surface area contributed by atoms with Crippen molar-refractivity contribution in [3.63, 3.8) is 0 Å². The quantitative estimate of drug-likeness (QED) is 0.809. The van der Waals surface area contributed by atoms with Gasteiger partial charge in [0, 0.05) is 29.4 Å². The first-order valence-electron chi connectivity index (χ1n) is 8.74. The van der Waals surface area contributed by atoms with Gasteiger partial charge in [0.2, 0.25) is 5.91 Å². The van der Waals surface area contributed by atoms with Gasteiger partial charge in [-0.3, -0.25) is 9.69 Å². The van der Waals surface area contributed by atoms with E-state index in [1.807, 2.05) is 24.3 Å². The Morgan fingerprint density at radius 2 is 2.08 bits per heavy atom. The van der Waals surface area contributed by atoms with Crippen molar-refractivity contribution in [2.75, 3.05) is 31.1 Å². The standard InChI is InChI=1S/C19H25ClN2OS/c20-18-4-2-1-3-16(18)5-6-19(23)21-13-15-7-10-22(11-8-15)17-9-12-24-14-17/h1-6,15,17H,7-14H2,(H,21,23). The second-order valence-corrected chi connectivity index (χ2v) is 8.15. The van der Waals surface area contributed by atoms with Crippen LogP contribution in [0, 0.1) is 5.92 Å². The highest BCUT2D eigenvalue weighted by Gasteiger charge is 2.27. The molecule has 2 aliphatic rings. The number of carbonyl (C=O) groups excluding carboxylic acids is 1. The molecule has 130 valence electrons. The summed E-state index contributed by atoms with van der Waals surface area (Å²) in [6, 6.07) is 8.33. The number of thioether (sulfide) groups is 1. The van der Waals surface area contributed by atoms with Crippen LogP contribution in [0.3, 0.4) is 0 Å². The van der Waals surface area contributed by atoms with Gasteiger partial charge in [-0.05, 0) is 61.7 Å². The average molecular weight is 365 g/mol. The maximum atomic E-state index is 12.0. The maximum absolute atomic E-state index is 12.0. The van der Waals surface area contributed by atoms with Crippen LogP contribution in [0.15, 0.2) is 30.3 Å². The van der Waals surface area contributed by atoms with Gasteiger partial charge in [-0.15, -0.1) is 0 Å². The Balaban J connectivity index is 1.38. The largest absolute Gasteiger partial charge is 0.352 e. The molecule has 2 heterocycles. The van der Waals surface area contributed by atoms with E-state index in [1.54, 1.807) is 12.2 Å². The van der Waals surface area contributed by atoms with Gasteiger partial charge in [-0.2, -0.15) is 11.8 Å². The second kappa shape index (κ2) is 8.93. The van der Waals surface area contributed by atoms with Crippen LogP contribution < -0.4 is 5.32 Å². The fourth-order valence-corrected chi connectivity index (χ4v) is 4.87. The van der Waals surface area contributed by atoms with Crippen molar-refractivity contribution < 1.29 is 4.79 Å². The first-order chi connectivity index (χ1) is 11.7. The SMILES string of the molecule is O=C(C=Cc1ccccc1Cl)NCC1CCN(C2CCSC2)CC1. The summed E-state index contributed by atoms with van der Waals surface area (Å²) in [4.78, 5) is 14.6. The van der Waals surface area contributed by atoms with E-state index in [2.05, 4.69) is 22.0 Å². The summed E-state index contributed by atoms with van der Waals surface area (Å²) in [5.41, 5.74) is 0.872. The summed E-state index contributed by atoms with van der Waals surface area (Å²) in [5, 5.41) is 3.70. The molecule has 24 heavy (non-hydrogen) atoms. The predicted molar refractivity (Wildman–Crippen MR) is 104 cm³/mol. The number of amides is 1. The normalized spacial score (nSPS) is 23.0. The fraction of sp³-hybridized carbons (Fsp3) is 0.526. The van der Waals surface area contributed by atoms with Crippen molar-refractivity contribution in [1.82, 2.24) is 10.2 Å². The summed E-state index contributed by atoms with van der Waals surface area (Å²) in [6.45, 7) is 3.14. The molecule has 2 fully saturated rings. The molecule has 1 aromatic carbocycles. The minimum Gasteiger partial charge on any atom is -0.352 e. The zero-order chi connectivity index (χ0) is 16.8. The lowest BCUT2D eigenvalue weighted by atomic mass is 9.95. The summed E-state index contributed by atoms with van der Waals surface area (Å²) < 4.78 is 0. The molecule has 3 nitrogen and oxygen atoms in total. The number of hydrogen-bond donors (Lipinski definition) is 1. The molecule has 1 N–H and O–H groups in total. The molecule has 0 aromatic heterocycles. The van der Waals surface area contributed by atoms with Crippen LogP contribution in [0.2, 0.25) is 5.02 Å². The number of likely N-dealkylation sites (tertiary alicyclic amines) is 1. The Bertz CT molecular complexity index is 578. The molecule has 1 amide bonds. The van der Waals surface area contributed by atoms with Crippen molar-refractivity contribution in [2.24, 2.45) is 5.92 Å². The third-order valence-electron chi connectivity index (χ3n) is 4.96. The molecule has 0 radical (unpaired) electrons. The molecule has 0 spiro atoms. The Morgan fingerprint density at radius 3 is 2.79 bits per heavy atom. The molecule has 5 heteroatoms. The molecule has 2 saturated heterocycles.